The lowest BCUT2D eigenvalue weighted by Crippen LogP contribution is -2.22. The van der Waals surface area contributed by atoms with Crippen molar-refractivity contribution in [2.45, 2.75) is 40.0 Å². The maximum Gasteiger partial charge on any atom is 0.305 e. The molecule has 0 amide bonds. The van der Waals surface area contributed by atoms with Gasteiger partial charge in [-0.05, 0) is 61.8 Å². The number of fused-ring (bicyclic) bond motifs is 1. The summed E-state index contributed by atoms with van der Waals surface area (Å²) in [5, 5.41) is 1.71. The van der Waals surface area contributed by atoms with Gasteiger partial charge in [-0.25, -0.2) is 0 Å². The monoisotopic (exact) mass is 377 g/mol. The quantitative estimate of drug-likeness (QED) is 0.585. The van der Waals surface area contributed by atoms with Crippen molar-refractivity contribution in [3.05, 3.63) is 69.6 Å². The van der Waals surface area contributed by atoms with E-state index in [4.69, 9.17) is 4.74 Å². The second-order valence-electron chi connectivity index (χ2n) is 7.19. The molecular formula is C24H27NO3. The Morgan fingerprint density at radius 1 is 1.04 bits per heavy atom. The van der Waals surface area contributed by atoms with Crippen molar-refractivity contribution >= 4 is 16.7 Å². The van der Waals surface area contributed by atoms with Crippen LogP contribution < -0.4 is 5.56 Å². The van der Waals surface area contributed by atoms with Crippen LogP contribution in [0.5, 0.6) is 0 Å². The van der Waals surface area contributed by atoms with E-state index >= 15 is 0 Å². The first-order valence-corrected chi connectivity index (χ1v) is 9.78. The first-order chi connectivity index (χ1) is 13.4. The van der Waals surface area contributed by atoms with E-state index in [-0.39, 0.29) is 11.5 Å². The molecule has 146 valence electrons. The number of carbonyl (C=O) groups excluding carboxylic acids is 1. The predicted molar refractivity (Wildman–Crippen MR) is 114 cm³/mol. The molecule has 3 rings (SSSR count). The van der Waals surface area contributed by atoms with Crippen LogP contribution in [0.3, 0.4) is 0 Å². The van der Waals surface area contributed by atoms with Gasteiger partial charge < -0.3 is 9.30 Å². The Morgan fingerprint density at radius 2 is 1.68 bits per heavy atom. The summed E-state index contributed by atoms with van der Waals surface area (Å²) in [5.41, 5.74) is 5.39. The highest BCUT2D eigenvalue weighted by molar-refractivity contribution is 5.98. The first kappa shape index (κ1) is 19.9. The van der Waals surface area contributed by atoms with E-state index in [2.05, 4.69) is 25.1 Å². The van der Waals surface area contributed by atoms with Crippen molar-refractivity contribution in [2.24, 2.45) is 7.05 Å². The molecule has 0 aliphatic rings. The van der Waals surface area contributed by atoms with E-state index in [1.54, 1.807) is 4.57 Å². The standard InChI is InChI=1S/C24H27NO3/c1-5-28-22(26)13-9-12-21-23(18-10-7-6-8-11-18)19-14-16(2)17(3)15-20(19)24(27)25(21)4/h6-8,10-11,14-15H,5,9,12-13H2,1-4H3. The molecule has 0 aliphatic carbocycles. The molecule has 0 unspecified atom stereocenters. The van der Waals surface area contributed by atoms with Gasteiger partial charge in [0.05, 0.1) is 6.61 Å². The van der Waals surface area contributed by atoms with Crippen LogP contribution in [-0.4, -0.2) is 17.1 Å². The van der Waals surface area contributed by atoms with E-state index in [0.29, 0.717) is 25.9 Å². The molecule has 1 heterocycles. The summed E-state index contributed by atoms with van der Waals surface area (Å²) < 4.78 is 6.78. The molecule has 2 aromatic carbocycles. The number of benzene rings is 2. The van der Waals surface area contributed by atoms with Gasteiger partial charge in [-0.3, -0.25) is 9.59 Å². The zero-order valence-electron chi connectivity index (χ0n) is 17.0. The molecule has 0 saturated carbocycles. The van der Waals surface area contributed by atoms with Gasteiger partial charge >= 0.3 is 5.97 Å². The average molecular weight is 377 g/mol. The van der Waals surface area contributed by atoms with Gasteiger partial charge in [0, 0.05) is 30.1 Å². The van der Waals surface area contributed by atoms with Crippen LogP contribution in [0.4, 0.5) is 0 Å². The number of ether oxygens (including phenoxy) is 1. The number of aromatic nitrogens is 1. The Morgan fingerprint density at radius 3 is 2.32 bits per heavy atom. The normalized spacial score (nSPS) is 11.0. The summed E-state index contributed by atoms with van der Waals surface area (Å²) in [7, 11) is 1.82. The Labute approximate surface area is 165 Å². The van der Waals surface area contributed by atoms with Gasteiger partial charge in [0.15, 0.2) is 0 Å². The van der Waals surface area contributed by atoms with Gasteiger partial charge in [-0.1, -0.05) is 36.4 Å². The molecule has 0 bridgehead atoms. The number of pyridine rings is 1. The van der Waals surface area contributed by atoms with E-state index in [9.17, 15) is 9.59 Å². The Kier molecular flexibility index (Phi) is 5.98. The third-order valence-electron chi connectivity index (χ3n) is 5.29. The molecule has 0 saturated heterocycles. The van der Waals surface area contributed by atoms with Crippen molar-refractivity contribution in [2.75, 3.05) is 6.61 Å². The van der Waals surface area contributed by atoms with Crippen LogP contribution in [0.2, 0.25) is 0 Å². The van der Waals surface area contributed by atoms with E-state index in [1.165, 1.54) is 0 Å². The lowest BCUT2D eigenvalue weighted by molar-refractivity contribution is -0.143. The largest absolute Gasteiger partial charge is 0.466 e. The second kappa shape index (κ2) is 8.42. The van der Waals surface area contributed by atoms with Crippen LogP contribution in [0, 0.1) is 13.8 Å². The molecule has 3 aromatic rings. The third kappa shape index (κ3) is 3.86. The lowest BCUT2D eigenvalue weighted by Gasteiger charge is -2.19. The van der Waals surface area contributed by atoms with Gasteiger partial charge in [-0.15, -0.1) is 0 Å². The molecule has 4 nitrogen and oxygen atoms in total. The predicted octanol–water partition coefficient (Wildman–Crippen LogP) is 4.71. The van der Waals surface area contributed by atoms with E-state index in [0.717, 1.165) is 38.7 Å². The molecule has 0 radical (unpaired) electrons. The summed E-state index contributed by atoms with van der Waals surface area (Å²) >= 11 is 0. The number of esters is 1. The fourth-order valence-electron chi connectivity index (χ4n) is 3.68. The summed E-state index contributed by atoms with van der Waals surface area (Å²) in [6.07, 6.45) is 1.63. The summed E-state index contributed by atoms with van der Waals surface area (Å²) in [6.45, 7) is 6.30. The van der Waals surface area contributed by atoms with Crippen molar-refractivity contribution < 1.29 is 9.53 Å². The minimum Gasteiger partial charge on any atom is -0.466 e. The van der Waals surface area contributed by atoms with Gasteiger partial charge in [-0.2, -0.15) is 0 Å². The topological polar surface area (TPSA) is 48.3 Å². The van der Waals surface area contributed by atoms with Gasteiger partial charge in [0.2, 0.25) is 0 Å². The van der Waals surface area contributed by atoms with Crippen molar-refractivity contribution in [3.8, 4) is 11.1 Å². The zero-order chi connectivity index (χ0) is 20.3. The summed E-state index contributed by atoms with van der Waals surface area (Å²) in [5.74, 6) is -0.194. The fourth-order valence-corrected chi connectivity index (χ4v) is 3.68. The molecule has 1 aromatic heterocycles. The van der Waals surface area contributed by atoms with E-state index in [1.807, 2.05) is 45.2 Å². The SMILES string of the molecule is CCOC(=O)CCCc1c(-c2ccccc2)c2cc(C)c(C)cc2c(=O)n1C. The molecular weight excluding hydrogens is 350 g/mol. The van der Waals surface area contributed by atoms with Gasteiger partial charge in [0.25, 0.3) is 5.56 Å². The highest BCUT2D eigenvalue weighted by Crippen LogP contribution is 2.32. The number of aryl methyl sites for hydroxylation is 2. The highest BCUT2D eigenvalue weighted by atomic mass is 16.5. The van der Waals surface area contributed by atoms with Crippen LogP contribution in [0.25, 0.3) is 21.9 Å². The third-order valence-corrected chi connectivity index (χ3v) is 5.29. The molecule has 0 aliphatic heterocycles. The Hall–Kier alpha value is -2.88. The number of carbonyl (C=O) groups is 1. The number of hydrogen-bond acceptors (Lipinski definition) is 3. The Balaban J connectivity index is 2.18. The maximum absolute atomic E-state index is 13.1. The molecule has 4 heteroatoms. The summed E-state index contributed by atoms with van der Waals surface area (Å²) in [6, 6.07) is 14.3. The molecule has 0 spiro atoms. The molecule has 0 fully saturated rings. The minimum absolute atomic E-state index is 0.00363. The molecule has 28 heavy (non-hydrogen) atoms. The minimum atomic E-state index is -0.194. The van der Waals surface area contributed by atoms with Gasteiger partial charge in [0.1, 0.15) is 0 Å². The molecule has 0 atom stereocenters. The van der Waals surface area contributed by atoms with E-state index < -0.39 is 0 Å². The van der Waals surface area contributed by atoms with Crippen molar-refractivity contribution in [1.29, 1.82) is 0 Å². The van der Waals surface area contributed by atoms with Crippen LogP contribution in [0.1, 0.15) is 36.6 Å². The summed E-state index contributed by atoms with van der Waals surface area (Å²) in [4.78, 5) is 24.8. The number of rotatable bonds is 6. The fraction of sp³-hybridized carbons (Fsp3) is 0.333. The average Bonchev–Trinajstić information content (AvgIpc) is 2.68. The van der Waals surface area contributed by atoms with Crippen LogP contribution in [-0.2, 0) is 23.0 Å². The number of nitrogens with zero attached hydrogens (tertiary/aromatic N) is 1. The smallest absolute Gasteiger partial charge is 0.305 e. The number of hydrogen-bond donors (Lipinski definition) is 0. The molecule has 0 N–H and O–H groups in total. The first-order valence-electron chi connectivity index (χ1n) is 9.78. The van der Waals surface area contributed by atoms with Crippen molar-refractivity contribution in [3.63, 3.8) is 0 Å². The maximum atomic E-state index is 13.1. The Bertz CT molecular complexity index is 1060. The van der Waals surface area contributed by atoms with Crippen LogP contribution >= 0.6 is 0 Å². The zero-order valence-corrected chi connectivity index (χ0v) is 17.0. The lowest BCUT2D eigenvalue weighted by atomic mass is 9.92. The van der Waals surface area contributed by atoms with Crippen LogP contribution in [0.15, 0.2) is 47.3 Å². The second-order valence-corrected chi connectivity index (χ2v) is 7.19. The highest BCUT2D eigenvalue weighted by Gasteiger charge is 2.17. The van der Waals surface area contributed by atoms with Crippen molar-refractivity contribution in [1.82, 2.24) is 4.57 Å².